The molecule has 17 heavy (non-hydrogen) atoms. The van der Waals surface area contributed by atoms with Crippen molar-refractivity contribution in [3.05, 3.63) is 32.7 Å². The van der Waals surface area contributed by atoms with Crippen LogP contribution in [0.4, 0.5) is 0 Å². The summed E-state index contributed by atoms with van der Waals surface area (Å²) in [5.41, 5.74) is 0.421. The zero-order valence-corrected chi connectivity index (χ0v) is 11.8. The summed E-state index contributed by atoms with van der Waals surface area (Å²) in [7, 11) is 0. The van der Waals surface area contributed by atoms with Gasteiger partial charge in [0, 0.05) is 16.2 Å². The van der Waals surface area contributed by atoms with Crippen LogP contribution in [0.5, 0.6) is 0 Å². The molecule has 0 amide bonds. The number of rotatable bonds is 4. The second-order valence-corrected chi connectivity index (χ2v) is 4.90. The molecular formula is C12H16BrNO3. The normalized spacial score (nSPS) is 12.2. The summed E-state index contributed by atoms with van der Waals surface area (Å²) in [6.45, 7) is 5.42. The topological polar surface area (TPSA) is 48.3 Å². The molecule has 4 nitrogen and oxygen atoms in total. The molecule has 0 aromatic carbocycles. The van der Waals surface area contributed by atoms with Gasteiger partial charge >= 0.3 is 5.97 Å². The molecule has 1 unspecified atom stereocenters. The molecular weight excluding hydrogens is 286 g/mol. The van der Waals surface area contributed by atoms with Crippen molar-refractivity contribution in [2.75, 3.05) is 0 Å². The van der Waals surface area contributed by atoms with E-state index in [4.69, 9.17) is 4.74 Å². The zero-order chi connectivity index (χ0) is 13.0. The summed E-state index contributed by atoms with van der Waals surface area (Å²) in [4.78, 5) is 23.3. The first kappa shape index (κ1) is 14.0. The van der Waals surface area contributed by atoms with E-state index in [0.29, 0.717) is 5.56 Å². The van der Waals surface area contributed by atoms with Gasteiger partial charge in [-0.15, -0.1) is 0 Å². The molecule has 1 heterocycles. The highest BCUT2D eigenvalue weighted by Gasteiger charge is 2.10. The number of pyridine rings is 1. The fourth-order valence-corrected chi connectivity index (χ4v) is 1.93. The van der Waals surface area contributed by atoms with Crippen LogP contribution in [0.2, 0.25) is 0 Å². The highest BCUT2D eigenvalue weighted by Crippen LogP contribution is 2.08. The third-order valence-electron chi connectivity index (χ3n) is 2.44. The molecule has 0 aliphatic carbocycles. The van der Waals surface area contributed by atoms with Crippen molar-refractivity contribution in [1.29, 1.82) is 0 Å². The fourth-order valence-electron chi connectivity index (χ4n) is 1.34. The second-order valence-electron chi connectivity index (χ2n) is 3.98. The number of carbonyl (C=O) groups is 1. The van der Waals surface area contributed by atoms with Crippen molar-refractivity contribution in [2.24, 2.45) is 0 Å². The summed E-state index contributed by atoms with van der Waals surface area (Å²) in [6.07, 6.45) is 2.23. The Kier molecular flexibility index (Phi) is 4.93. The van der Waals surface area contributed by atoms with Crippen molar-refractivity contribution in [1.82, 2.24) is 4.57 Å². The standard InChI is InChI=1S/C12H16BrNO3/c1-4-9(3)17-11(15)7-14-6-10(13)5-8(2)12(14)16/h5-6,9H,4,7H2,1-3H3. The SMILES string of the molecule is CCC(C)OC(=O)Cn1cc(Br)cc(C)c1=O. The quantitative estimate of drug-likeness (QED) is 0.802. The molecule has 0 aliphatic heterocycles. The smallest absolute Gasteiger partial charge is 0.326 e. The van der Waals surface area contributed by atoms with Gasteiger partial charge in [-0.25, -0.2) is 0 Å². The number of aromatic nitrogens is 1. The molecule has 1 rings (SSSR count). The molecule has 94 valence electrons. The predicted molar refractivity (Wildman–Crippen MR) is 69.0 cm³/mol. The van der Waals surface area contributed by atoms with E-state index in [9.17, 15) is 9.59 Å². The first-order valence-corrected chi connectivity index (χ1v) is 6.29. The summed E-state index contributed by atoms with van der Waals surface area (Å²) < 4.78 is 7.24. The Bertz CT molecular complexity index is 467. The number of nitrogens with zero attached hydrogens (tertiary/aromatic N) is 1. The Morgan fingerprint density at radius 3 is 2.82 bits per heavy atom. The summed E-state index contributed by atoms with van der Waals surface area (Å²) >= 11 is 3.29. The van der Waals surface area contributed by atoms with Crippen molar-refractivity contribution in [2.45, 2.75) is 39.8 Å². The van der Waals surface area contributed by atoms with Crippen LogP contribution >= 0.6 is 15.9 Å². The third kappa shape index (κ3) is 4.00. The maximum absolute atomic E-state index is 11.7. The van der Waals surface area contributed by atoms with E-state index in [1.807, 2.05) is 13.8 Å². The van der Waals surface area contributed by atoms with E-state index in [1.54, 1.807) is 19.2 Å². The van der Waals surface area contributed by atoms with Crippen LogP contribution in [-0.2, 0) is 16.1 Å². The number of hydrogen-bond acceptors (Lipinski definition) is 3. The lowest BCUT2D eigenvalue weighted by Crippen LogP contribution is -2.27. The fraction of sp³-hybridized carbons (Fsp3) is 0.500. The minimum absolute atomic E-state index is 0.0521. The average Bonchev–Trinajstić information content (AvgIpc) is 2.24. The largest absolute Gasteiger partial charge is 0.461 e. The molecule has 0 spiro atoms. The van der Waals surface area contributed by atoms with Crippen molar-refractivity contribution >= 4 is 21.9 Å². The first-order valence-electron chi connectivity index (χ1n) is 5.50. The van der Waals surface area contributed by atoms with Crippen molar-refractivity contribution in [3.63, 3.8) is 0 Å². The summed E-state index contributed by atoms with van der Waals surface area (Å²) in [5.74, 6) is -0.390. The zero-order valence-electron chi connectivity index (χ0n) is 10.2. The lowest BCUT2D eigenvalue weighted by Gasteiger charge is -2.12. The van der Waals surface area contributed by atoms with Crippen LogP contribution in [0, 0.1) is 6.92 Å². The van der Waals surface area contributed by atoms with E-state index >= 15 is 0 Å². The maximum atomic E-state index is 11.7. The predicted octanol–water partition coefficient (Wildman–Crippen LogP) is 2.26. The molecule has 0 radical (unpaired) electrons. The Labute approximate surface area is 109 Å². The van der Waals surface area contributed by atoms with E-state index in [2.05, 4.69) is 15.9 Å². The Morgan fingerprint density at radius 2 is 2.24 bits per heavy atom. The Hall–Kier alpha value is -1.10. The monoisotopic (exact) mass is 301 g/mol. The lowest BCUT2D eigenvalue weighted by molar-refractivity contribution is -0.149. The van der Waals surface area contributed by atoms with E-state index < -0.39 is 0 Å². The number of aryl methyl sites for hydroxylation is 1. The van der Waals surface area contributed by atoms with Crippen LogP contribution in [0.25, 0.3) is 0 Å². The average molecular weight is 302 g/mol. The second kappa shape index (κ2) is 6.00. The van der Waals surface area contributed by atoms with Gasteiger partial charge in [0.05, 0.1) is 6.10 Å². The number of esters is 1. The molecule has 1 aromatic rings. The van der Waals surface area contributed by atoms with Crippen molar-refractivity contribution < 1.29 is 9.53 Å². The minimum Gasteiger partial charge on any atom is -0.461 e. The Morgan fingerprint density at radius 1 is 1.59 bits per heavy atom. The van der Waals surface area contributed by atoms with Crippen LogP contribution in [0.3, 0.4) is 0 Å². The number of carbonyl (C=O) groups excluding carboxylic acids is 1. The molecule has 0 saturated carbocycles. The molecule has 5 heteroatoms. The van der Waals surface area contributed by atoms with E-state index in [1.165, 1.54) is 4.57 Å². The van der Waals surface area contributed by atoms with Gasteiger partial charge in [-0.2, -0.15) is 0 Å². The molecule has 0 bridgehead atoms. The number of halogens is 1. The summed E-state index contributed by atoms with van der Waals surface area (Å²) in [5, 5.41) is 0. The van der Waals surface area contributed by atoms with E-state index in [-0.39, 0.29) is 24.2 Å². The van der Waals surface area contributed by atoms with Gasteiger partial charge in [-0.05, 0) is 42.3 Å². The van der Waals surface area contributed by atoms with Gasteiger partial charge < -0.3 is 9.30 Å². The highest BCUT2D eigenvalue weighted by atomic mass is 79.9. The van der Waals surface area contributed by atoms with Crippen LogP contribution in [0.15, 0.2) is 21.5 Å². The van der Waals surface area contributed by atoms with E-state index in [0.717, 1.165) is 10.9 Å². The van der Waals surface area contributed by atoms with Gasteiger partial charge in [0.15, 0.2) is 0 Å². The first-order chi connectivity index (χ1) is 7.93. The molecule has 1 atom stereocenters. The maximum Gasteiger partial charge on any atom is 0.326 e. The van der Waals surface area contributed by atoms with Gasteiger partial charge in [0.25, 0.3) is 5.56 Å². The molecule has 0 saturated heterocycles. The van der Waals surface area contributed by atoms with Gasteiger partial charge in [0.1, 0.15) is 6.54 Å². The minimum atomic E-state index is -0.390. The molecule has 0 aliphatic rings. The Balaban J connectivity index is 2.82. The van der Waals surface area contributed by atoms with Crippen LogP contribution < -0.4 is 5.56 Å². The van der Waals surface area contributed by atoms with Gasteiger partial charge in [-0.3, -0.25) is 9.59 Å². The highest BCUT2D eigenvalue weighted by molar-refractivity contribution is 9.10. The van der Waals surface area contributed by atoms with Crippen LogP contribution in [0.1, 0.15) is 25.8 Å². The summed E-state index contributed by atoms with van der Waals surface area (Å²) in [6, 6.07) is 1.72. The lowest BCUT2D eigenvalue weighted by atomic mass is 10.3. The molecule has 0 fully saturated rings. The number of ether oxygens (including phenoxy) is 1. The third-order valence-corrected chi connectivity index (χ3v) is 2.87. The van der Waals surface area contributed by atoms with Crippen molar-refractivity contribution in [3.8, 4) is 0 Å². The molecule has 1 aromatic heterocycles. The van der Waals surface area contributed by atoms with Gasteiger partial charge in [-0.1, -0.05) is 6.92 Å². The van der Waals surface area contributed by atoms with Crippen LogP contribution in [-0.4, -0.2) is 16.6 Å². The number of hydrogen-bond donors (Lipinski definition) is 0. The van der Waals surface area contributed by atoms with Gasteiger partial charge in [0.2, 0.25) is 0 Å². The molecule has 0 N–H and O–H groups in total.